The number of rotatable bonds is 10. The molecule has 1 aliphatic heterocycles. The van der Waals surface area contributed by atoms with E-state index in [1.165, 1.54) is 6.07 Å². The molecule has 1 fully saturated rings. The average molecular weight is 409 g/mol. The van der Waals surface area contributed by atoms with Gasteiger partial charge in [0, 0.05) is 51.9 Å². The smallest absolute Gasteiger partial charge is 0.191 e. The number of methoxy groups -OCH3 is 1. The minimum absolute atomic E-state index is 0.239. The van der Waals surface area contributed by atoms with Gasteiger partial charge in [0.15, 0.2) is 5.96 Å². The minimum Gasteiger partial charge on any atom is -0.380 e. The lowest BCUT2D eigenvalue weighted by atomic mass is 9.92. The van der Waals surface area contributed by atoms with Gasteiger partial charge in [-0.15, -0.1) is 0 Å². The normalized spacial score (nSPS) is 16.8. The first kappa shape index (κ1) is 23.6. The predicted molar refractivity (Wildman–Crippen MR) is 116 cm³/mol. The first-order chi connectivity index (χ1) is 14.1. The van der Waals surface area contributed by atoms with Crippen LogP contribution in [0.5, 0.6) is 0 Å². The van der Waals surface area contributed by atoms with Crippen LogP contribution in [0.15, 0.2) is 23.2 Å². The third-order valence-electron chi connectivity index (χ3n) is 5.68. The second kappa shape index (κ2) is 12.8. The summed E-state index contributed by atoms with van der Waals surface area (Å²) in [7, 11) is 3.35. The lowest BCUT2D eigenvalue weighted by molar-refractivity contribution is 0.00272. The number of morpholine rings is 1. The summed E-state index contributed by atoms with van der Waals surface area (Å²) >= 11 is 0. The number of guanidine groups is 1. The molecular weight excluding hydrogens is 371 g/mol. The monoisotopic (exact) mass is 408 g/mol. The van der Waals surface area contributed by atoms with Crippen molar-refractivity contribution in [1.82, 2.24) is 15.5 Å². The first-order valence-corrected chi connectivity index (χ1v) is 10.6. The topological polar surface area (TPSA) is 58.1 Å². The Morgan fingerprint density at radius 1 is 1.24 bits per heavy atom. The molecule has 1 heterocycles. The zero-order valence-electron chi connectivity index (χ0n) is 18.3. The van der Waals surface area contributed by atoms with Gasteiger partial charge < -0.3 is 20.1 Å². The maximum absolute atomic E-state index is 13.8. The Hall–Kier alpha value is -1.70. The van der Waals surface area contributed by atoms with E-state index in [-0.39, 0.29) is 12.4 Å². The van der Waals surface area contributed by atoms with E-state index >= 15 is 0 Å². The van der Waals surface area contributed by atoms with E-state index in [1.807, 2.05) is 6.07 Å². The van der Waals surface area contributed by atoms with E-state index in [9.17, 15) is 4.39 Å². The Morgan fingerprint density at radius 3 is 2.59 bits per heavy atom. The molecule has 1 aromatic rings. The summed E-state index contributed by atoms with van der Waals surface area (Å²) in [6, 6.07) is 5.56. The Bertz CT molecular complexity index is 631. The maximum atomic E-state index is 13.8. The van der Waals surface area contributed by atoms with E-state index < -0.39 is 0 Å². The highest BCUT2D eigenvalue weighted by Gasteiger charge is 2.27. The van der Waals surface area contributed by atoms with Crippen LogP contribution in [0.1, 0.15) is 37.8 Å². The summed E-state index contributed by atoms with van der Waals surface area (Å²) in [6.45, 7) is 9.77. The minimum atomic E-state index is -0.239. The third kappa shape index (κ3) is 7.24. The van der Waals surface area contributed by atoms with Gasteiger partial charge in [0.1, 0.15) is 5.82 Å². The molecule has 1 saturated heterocycles. The van der Waals surface area contributed by atoms with Crippen molar-refractivity contribution in [2.45, 2.75) is 45.9 Å². The van der Waals surface area contributed by atoms with Gasteiger partial charge in [-0.2, -0.15) is 0 Å². The summed E-state index contributed by atoms with van der Waals surface area (Å²) in [5, 5.41) is 6.84. The molecule has 2 rings (SSSR count). The Balaban J connectivity index is 1.94. The van der Waals surface area contributed by atoms with Crippen molar-refractivity contribution in [3.8, 4) is 0 Å². The molecule has 0 saturated carbocycles. The number of benzene rings is 1. The standard InChI is InChI=1S/C22H37FN4O2/c1-5-18(6-2)21(27-9-11-29-12-10-27)15-26-22(24-3)25-14-17-7-8-20(23)19(13-17)16-28-4/h7-8,13,18,21H,5-6,9-12,14-16H2,1-4H3,(H2,24,25,26). The van der Waals surface area contributed by atoms with Gasteiger partial charge in [0.25, 0.3) is 0 Å². The molecule has 1 atom stereocenters. The molecule has 6 nitrogen and oxygen atoms in total. The van der Waals surface area contributed by atoms with Crippen LogP contribution in [-0.2, 0) is 22.6 Å². The van der Waals surface area contributed by atoms with Crippen LogP contribution in [0.25, 0.3) is 0 Å². The lowest BCUT2D eigenvalue weighted by Gasteiger charge is -2.39. The third-order valence-corrected chi connectivity index (χ3v) is 5.68. The Kier molecular flexibility index (Phi) is 10.4. The fourth-order valence-corrected chi connectivity index (χ4v) is 3.95. The average Bonchev–Trinajstić information content (AvgIpc) is 2.76. The number of hydrogen-bond acceptors (Lipinski definition) is 4. The molecule has 0 bridgehead atoms. The van der Waals surface area contributed by atoms with E-state index in [0.29, 0.717) is 24.1 Å². The molecule has 1 unspecified atom stereocenters. The summed E-state index contributed by atoms with van der Waals surface area (Å²) in [4.78, 5) is 6.90. The Morgan fingerprint density at radius 2 is 1.97 bits per heavy atom. The highest BCUT2D eigenvalue weighted by molar-refractivity contribution is 5.79. The number of halogens is 1. The molecule has 164 valence electrons. The largest absolute Gasteiger partial charge is 0.380 e. The van der Waals surface area contributed by atoms with E-state index in [2.05, 4.69) is 34.4 Å². The Labute approximate surface area is 174 Å². The van der Waals surface area contributed by atoms with Crippen molar-refractivity contribution in [3.05, 3.63) is 35.1 Å². The summed E-state index contributed by atoms with van der Waals surface area (Å²) in [5.74, 6) is 1.15. The van der Waals surface area contributed by atoms with Gasteiger partial charge in [0.2, 0.25) is 0 Å². The molecule has 0 aliphatic carbocycles. The molecule has 29 heavy (non-hydrogen) atoms. The van der Waals surface area contributed by atoms with Gasteiger partial charge in [-0.05, 0) is 23.6 Å². The molecule has 0 radical (unpaired) electrons. The summed E-state index contributed by atoms with van der Waals surface area (Å²) < 4.78 is 24.4. The van der Waals surface area contributed by atoms with Crippen LogP contribution in [0.2, 0.25) is 0 Å². The molecule has 0 aromatic heterocycles. The molecule has 2 N–H and O–H groups in total. The maximum Gasteiger partial charge on any atom is 0.191 e. The van der Waals surface area contributed by atoms with Gasteiger partial charge in [-0.25, -0.2) is 4.39 Å². The lowest BCUT2D eigenvalue weighted by Crippen LogP contribution is -2.53. The van der Waals surface area contributed by atoms with Crippen molar-refractivity contribution in [1.29, 1.82) is 0 Å². The van der Waals surface area contributed by atoms with Crippen molar-refractivity contribution in [2.24, 2.45) is 10.9 Å². The number of ether oxygens (including phenoxy) is 2. The van der Waals surface area contributed by atoms with E-state index in [4.69, 9.17) is 9.47 Å². The summed E-state index contributed by atoms with van der Waals surface area (Å²) in [5.41, 5.74) is 1.56. The van der Waals surface area contributed by atoms with Crippen LogP contribution in [0.3, 0.4) is 0 Å². The number of aliphatic imine (C=N–C) groups is 1. The van der Waals surface area contributed by atoms with Gasteiger partial charge in [-0.3, -0.25) is 9.89 Å². The number of hydrogen-bond donors (Lipinski definition) is 2. The van der Waals surface area contributed by atoms with Crippen LogP contribution < -0.4 is 10.6 Å². The van der Waals surface area contributed by atoms with Crippen LogP contribution in [0, 0.1) is 11.7 Å². The second-order valence-corrected chi connectivity index (χ2v) is 7.46. The molecule has 0 spiro atoms. The molecule has 7 heteroatoms. The molecule has 1 aliphatic rings. The van der Waals surface area contributed by atoms with Crippen LogP contribution in [-0.4, -0.2) is 63.9 Å². The molecule has 1 aromatic carbocycles. The molecular formula is C22H37FN4O2. The zero-order valence-corrected chi connectivity index (χ0v) is 18.3. The highest BCUT2D eigenvalue weighted by Crippen LogP contribution is 2.19. The van der Waals surface area contributed by atoms with Crippen molar-refractivity contribution in [2.75, 3.05) is 47.0 Å². The van der Waals surface area contributed by atoms with Gasteiger partial charge in [0.05, 0.1) is 19.8 Å². The first-order valence-electron chi connectivity index (χ1n) is 10.6. The summed E-state index contributed by atoms with van der Waals surface area (Å²) in [6.07, 6.45) is 2.31. The van der Waals surface area contributed by atoms with E-state index in [0.717, 1.165) is 57.2 Å². The predicted octanol–water partition coefficient (Wildman–Crippen LogP) is 2.77. The number of nitrogens with one attached hydrogen (secondary N) is 2. The van der Waals surface area contributed by atoms with Crippen LogP contribution in [0.4, 0.5) is 4.39 Å². The van der Waals surface area contributed by atoms with Crippen LogP contribution >= 0.6 is 0 Å². The van der Waals surface area contributed by atoms with Crippen molar-refractivity contribution >= 4 is 5.96 Å². The quantitative estimate of drug-likeness (QED) is 0.461. The van der Waals surface area contributed by atoms with Crippen molar-refractivity contribution < 1.29 is 13.9 Å². The SMILES string of the molecule is CCC(CC)C(CNC(=NC)NCc1ccc(F)c(COC)c1)N1CCOCC1. The fourth-order valence-electron chi connectivity index (χ4n) is 3.95. The second-order valence-electron chi connectivity index (χ2n) is 7.46. The number of nitrogens with zero attached hydrogens (tertiary/aromatic N) is 2. The van der Waals surface area contributed by atoms with E-state index in [1.54, 1.807) is 20.2 Å². The fraction of sp³-hybridized carbons (Fsp3) is 0.682. The van der Waals surface area contributed by atoms with Gasteiger partial charge in [-0.1, -0.05) is 32.8 Å². The van der Waals surface area contributed by atoms with Crippen molar-refractivity contribution in [3.63, 3.8) is 0 Å². The van der Waals surface area contributed by atoms with Gasteiger partial charge >= 0.3 is 0 Å². The molecule has 0 amide bonds. The zero-order chi connectivity index (χ0) is 21.1. The highest BCUT2D eigenvalue weighted by atomic mass is 19.1.